The Kier molecular flexibility index (Phi) is 12.9. The molecule has 15 nitrogen and oxygen atoms in total. The standard InChI is InChI=1S/C14H18N6O9/c1-14(2-27-11(24)18-5-15-8-21,3-28-12(25)19-6-16-9-22)4-29-13(26)20-7-17-10-23/h2-7H2,1H3,(H,18,24)(H,19,25)(H,20,26). The summed E-state index contributed by atoms with van der Waals surface area (Å²) in [5.41, 5.74) is -1.19. The van der Waals surface area contributed by atoms with E-state index in [1.165, 1.54) is 25.2 Å². The molecule has 0 aromatic carbocycles. The predicted octanol–water partition coefficient (Wildman–Crippen LogP) is -0.949. The average Bonchev–Trinajstić information content (AvgIpc) is 2.70. The molecule has 0 heterocycles. The Morgan fingerprint density at radius 1 is 0.690 bits per heavy atom. The van der Waals surface area contributed by atoms with Crippen LogP contribution < -0.4 is 16.0 Å². The van der Waals surface area contributed by atoms with Gasteiger partial charge in [0.05, 0.1) is 5.41 Å². The summed E-state index contributed by atoms with van der Waals surface area (Å²) >= 11 is 0. The molecule has 0 aliphatic heterocycles. The number of alkyl carbamates (subject to hydrolysis) is 3. The lowest BCUT2D eigenvalue weighted by Gasteiger charge is -2.27. The summed E-state index contributed by atoms with van der Waals surface area (Å²) in [6, 6.07) is 0. The van der Waals surface area contributed by atoms with E-state index in [2.05, 4.69) is 30.9 Å². The monoisotopic (exact) mass is 414 g/mol. The summed E-state index contributed by atoms with van der Waals surface area (Å²) < 4.78 is 14.7. The second-order valence-electron chi connectivity index (χ2n) is 5.29. The fourth-order valence-electron chi connectivity index (χ4n) is 1.41. The Bertz CT molecular complexity index is 615. The maximum Gasteiger partial charge on any atom is 0.408 e. The highest BCUT2D eigenvalue weighted by molar-refractivity contribution is 5.68. The van der Waals surface area contributed by atoms with Crippen molar-refractivity contribution in [3.05, 3.63) is 0 Å². The van der Waals surface area contributed by atoms with Crippen molar-refractivity contribution in [2.75, 3.05) is 39.8 Å². The molecule has 0 aromatic rings. The largest absolute Gasteiger partial charge is 0.449 e. The number of nitrogens with zero attached hydrogens (tertiary/aromatic N) is 3. The van der Waals surface area contributed by atoms with E-state index in [0.717, 1.165) is 0 Å². The molecule has 0 aliphatic rings. The molecular weight excluding hydrogens is 396 g/mol. The van der Waals surface area contributed by atoms with Crippen LogP contribution in [-0.2, 0) is 28.6 Å². The maximum absolute atomic E-state index is 11.5. The van der Waals surface area contributed by atoms with E-state index in [9.17, 15) is 28.8 Å². The molecule has 0 spiro atoms. The van der Waals surface area contributed by atoms with Gasteiger partial charge in [-0.25, -0.2) is 28.8 Å². The zero-order valence-electron chi connectivity index (χ0n) is 15.3. The van der Waals surface area contributed by atoms with Gasteiger partial charge in [0.15, 0.2) is 0 Å². The molecule has 0 rings (SSSR count). The van der Waals surface area contributed by atoms with Crippen molar-refractivity contribution in [2.45, 2.75) is 6.92 Å². The Balaban J connectivity index is 4.76. The van der Waals surface area contributed by atoms with E-state index in [4.69, 9.17) is 14.2 Å². The minimum absolute atomic E-state index is 0.356. The zero-order valence-corrected chi connectivity index (χ0v) is 15.3. The fourth-order valence-corrected chi connectivity index (χ4v) is 1.41. The first-order valence-corrected chi connectivity index (χ1v) is 7.69. The van der Waals surface area contributed by atoms with Crippen molar-refractivity contribution in [3.8, 4) is 0 Å². The van der Waals surface area contributed by atoms with Gasteiger partial charge < -0.3 is 30.2 Å². The van der Waals surface area contributed by atoms with Gasteiger partial charge in [-0.2, -0.15) is 15.0 Å². The van der Waals surface area contributed by atoms with Gasteiger partial charge in [-0.1, -0.05) is 0 Å². The minimum Gasteiger partial charge on any atom is -0.449 e. The van der Waals surface area contributed by atoms with Crippen LogP contribution in [0.5, 0.6) is 0 Å². The van der Waals surface area contributed by atoms with Crippen molar-refractivity contribution in [2.24, 2.45) is 20.4 Å². The summed E-state index contributed by atoms with van der Waals surface area (Å²) in [6.07, 6.45) is 0.826. The van der Waals surface area contributed by atoms with Crippen LogP contribution in [0.1, 0.15) is 6.92 Å². The highest BCUT2D eigenvalue weighted by Crippen LogP contribution is 2.19. The predicted molar refractivity (Wildman–Crippen MR) is 90.5 cm³/mol. The summed E-state index contributed by atoms with van der Waals surface area (Å²) in [5, 5.41) is 6.38. The number of rotatable bonds is 12. The van der Waals surface area contributed by atoms with Gasteiger partial charge in [-0.15, -0.1) is 0 Å². The summed E-state index contributed by atoms with van der Waals surface area (Å²) in [6.45, 7) is -0.713. The van der Waals surface area contributed by atoms with Gasteiger partial charge in [-0.3, -0.25) is 0 Å². The van der Waals surface area contributed by atoms with Crippen LogP contribution in [0.25, 0.3) is 0 Å². The minimum atomic E-state index is -1.19. The smallest absolute Gasteiger partial charge is 0.408 e. The Morgan fingerprint density at radius 2 is 0.966 bits per heavy atom. The number of ether oxygens (including phenoxy) is 3. The van der Waals surface area contributed by atoms with Crippen molar-refractivity contribution in [3.63, 3.8) is 0 Å². The second kappa shape index (κ2) is 15.1. The first kappa shape index (κ1) is 24.9. The molecule has 0 saturated carbocycles. The highest BCUT2D eigenvalue weighted by atomic mass is 16.6. The lowest BCUT2D eigenvalue weighted by atomic mass is 9.94. The first-order valence-electron chi connectivity index (χ1n) is 7.69. The van der Waals surface area contributed by atoms with E-state index in [1.807, 2.05) is 0 Å². The van der Waals surface area contributed by atoms with Gasteiger partial charge in [0, 0.05) is 0 Å². The maximum atomic E-state index is 11.5. The van der Waals surface area contributed by atoms with E-state index >= 15 is 0 Å². The topological polar surface area (TPSA) is 203 Å². The third kappa shape index (κ3) is 13.8. The van der Waals surface area contributed by atoms with Crippen LogP contribution in [0.4, 0.5) is 14.4 Å². The molecule has 0 atom stereocenters. The number of carbonyl (C=O) groups excluding carboxylic acids is 6. The molecule has 29 heavy (non-hydrogen) atoms. The second-order valence-corrected chi connectivity index (χ2v) is 5.29. The summed E-state index contributed by atoms with van der Waals surface area (Å²) in [5.74, 6) is 0. The van der Waals surface area contributed by atoms with Gasteiger partial charge in [0.1, 0.15) is 39.8 Å². The first-order chi connectivity index (χ1) is 13.9. The number of hydrogen-bond acceptors (Lipinski definition) is 12. The normalized spacial score (nSPS) is 11.1. The molecule has 158 valence electrons. The summed E-state index contributed by atoms with van der Waals surface area (Å²) in [7, 11) is 0. The van der Waals surface area contributed by atoms with Crippen LogP contribution in [-0.4, -0.2) is 76.3 Å². The van der Waals surface area contributed by atoms with Gasteiger partial charge in [0.2, 0.25) is 18.2 Å². The molecule has 3 N–H and O–H groups in total. The molecule has 15 heteroatoms. The lowest BCUT2D eigenvalue weighted by molar-refractivity contribution is -0.00426. The molecule has 3 amide bonds. The molecule has 0 unspecified atom stereocenters. The fraction of sp³-hybridized carbons (Fsp3) is 0.571. The number of amides is 3. The van der Waals surface area contributed by atoms with Gasteiger partial charge in [0.25, 0.3) is 0 Å². The SMILES string of the molecule is CC(COC(=O)NCN=C=O)(COC(=O)NCN=C=O)COC(=O)NCN=C=O. The lowest BCUT2D eigenvalue weighted by Crippen LogP contribution is -2.40. The number of nitrogens with one attached hydrogen (secondary N) is 3. The van der Waals surface area contributed by atoms with E-state index in [-0.39, 0.29) is 39.8 Å². The molecule has 0 aromatic heterocycles. The number of isocyanates is 3. The van der Waals surface area contributed by atoms with E-state index < -0.39 is 23.7 Å². The van der Waals surface area contributed by atoms with Crippen LogP contribution in [0.3, 0.4) is 0 Å². The van der Waals surface area contributed by atoms with Crippen molar-refractivity contribution in [1.29, 1.82) is 0 Å². The van der Waals surface area contributed by atoms with Crippen LogP contribution in [0.2, 0.25) is 0 Å². The Hall–Kier alpha value is -4.05. The third-order valence-electron chi connectivity index (χ3n) is 2.76. The molecule has 0 aliphatic carbocycles. The van der Waals surface area contributed by atoms with Crippen molar-refractivity contribution >= 4 is 36.5 Å². The van der Waals surface area contributed by atoms with Crippen LogP contribution in [0.15, 0.2) is 15.0 Å². The van der Waals surface area contributed by atoms with Crippen molar-refractivity contribution in [1.82, 2.24) is 16.0 Å². The van der Waals surface area contributed by atoms with Crippen molar-refractivity contribution < 1.29 is 43.0 Å². The number of hydrogen-bond donors (Lipinski definition) is 3. The van der Waals surface area contributed by atoms with E-state index in [0.29, 0.717) is 0 Å². The van der Waals surface area contributed by atoms with Crippen LogP contribution in [0, 0.1) is 5.41 Å². The molecule has 0 fully saturated rings. The number of carbonyl (C=O) groups is 3. The Labute approximate surface area is 163 Å². The molecular formula is C14H18N6O9. The quantitative estimate of drug-likeness (QED) is 0.204. The van der Waals surface area contributed by atoms with E-state index in [1.54, 1.807) is 0 Å². The molecule has 0 radical (unpaired) electrons. The summed E-state index contributed by atoms with van der Waals surface area (Å²) in [4.78, 5) is 73.7. The molecule has 0 saturated heterocycles. The zero-order chi connectivity index (χ0) is 22.0. The van der Waals surface area contributed by atoms with Gasteiger partial charge >= 0.3 is 18.3 Å². The Morgan fingerprint density at radius 3 is 1.21 bits per heavy atom. The molecule has 0 bridgehead atoms. The van der Waals surface area contributed by atoms with Gasteiger partial charge in [-0.05, 0) is 6.92 Å². The van der Waals surface area contributed by atoms with Crippen LogP contribution >= 0.6 is 0 Å². The number of aliphatic imine (C=N–C) groups is 3. The third-order valence-corrected chi connectivity index (χ3v) is 2.76. The average molecular weight is 414 g/mol. The highest BCUT2D eigenvalue weighted by Gasteiger charge is 2.31.